The summed E-state index contributed by atoms with van der Waals surface area (Å²) >= 11 is 6.86. The molecule has 0 aliphatic rings. The third-order valence-electron chi connectivity index (χ3n) is 3.24. The number of rotatable bonds is 6. The second kappa shape index (κ2) is 7.64. The number of benzene rings is 1. The lowest BCUT2D eigenvalue weighted by Gasteiger charge is -2.01. The van der Waals surface area contributed by atoms with Crippen LogP contribution < -0.4 is 0 Å². The van der Waals surface area contributed by atoms with E-state index in [1.54, 1.807) is 19.1 Å². The molecule has 3 rings (SSSR count). The van der Waals surface area contributed by atoms with E-state index in [1.807, 2.05) is 0 Å². The summed E-state index contributed by atoms with van der Waals surface area (Å²) in [5.74, 6) is -0.289. The van der Waals surface area contributed by atoms with Crippen molar-refractivity contribution in [2.75, 3.05) is 0 Å². The van der Waals surface area contributed by atoms with E-state index < -0.39 is 10.9 Å². The molecular weight excluding hydrogens is 398 g/mol. The Kier molecular flexibility index (Phi) is 5.28. The van der Waals surface area contributed by atoms with Crippen LogP contribution in [0.25, 0.3) is 17.4 Å². The van der Waals surface area contributed by atoms with E-state index >= 15 is 0 Å². The van der Waals surface area contributed by atoms with Gasteiger partial charge in [0, 0.05) is 30.7 Å². The highest BCUT2D eigenvalue weighted by Gasteiger charge is 2.17. The Hall–Kier alpha value is -3.11. The summed E-state index contributed by atoms with van der Waals surface area (Å²) in [5, 5.41) is 27.7. The number of non-ortho nitro benzene ring substituents is 1. The number of aryl methyl sites for hydroxylation is 1. The molecule has 0 aliphatic carbocycles. The van der Waals surface area contributed by atoms with Gasteiger partial charge in [-0.2, -0.15) is 0 Å². The van der Waals surface area contributed by atoms with Crippen LogP contribution >= 0.6 is 23.4 Å². The summed E-state index contributed by atoms with van der Waals surface area (Å²) in [7, 11) is 0. The molecular formula is C16H10ClN3O6S. The molecule has 27 heavy (non-hydrogen) atoms. The quantitative estimate of drug-likeness (QED) is 0.273. The van der Waals surface area contributed by atoms with Crippen molar-refractivity contribution in [3.05, 3.63) is 62.0 Å². The highest BCUT2D eigenvalue weighted by Crippen LogP contribution is 2.34. The number of furan rings is 1. The topological polar surface area (TPSA) is 132 Å². The van der Waals surface area contributed by atoms with Crippen molar-refractivity contribution in [2.24, 2.45) is 0 Å². The molecule has 138 valence electrons. The van der Waals surface area contributed by atoms with Crippen LogP contribution in [-0.4, -0.2) is 26.2 Å². The Morgan fingerprint density at radius 2 is 2.07 bits per heavy atom. The van der Waals surface area contributed by atoms with Gasteiger partial charge in [0.15, 0.2) is 0 Å². The monoisotopic (exact) mass is 407 g/mol. The van der Waals surface area contributed by atoms with Crippen molar-refractivity contribution in [3.63, 3.8) is 0 Å². The first kappa shape index (κ1) is 18.7. The SMILES string of the molecule is Cc1nnc(S/C(=C\c2ccc(-c3ccc([N+](=O)[O-])cc3Cl)o2)C(=O)O)o1. The first-order chi connectivity index (χ1) is 12.8. The van der Waals surface area contributed by atoms with E-state index in [0.29, 0.717) is 17.2 Å². The zero-order chi connectivity index (χ0) is 19.6. The molecule has 0 aliphatic heterocycles. The Labute approximate surface area is 160 Å². The summed E-state index contributed by atoms with van der Waals surface area (Å²) < 4.78 is 10.8. The highest BCUT2D eigenvalue weighted by molar-refractivity contribution is 8.03. The normalized spacial score (nSPS) is 11.6. The van der Waals surface area contributed by atoms with E-state index in [2.05, 4.69) is 10.2 Å². The fourth-order valence-electron chi connectivity index (χ4n) is 2.07. The zero-order valence-electron chi connectivity index (χ0n) is 13.6. The minimum atomic E-state index is -1.19. The van der Waals surface area contributed by atoms with Crippen LogP contribution in [0.2, 0.25) is 5.02 Å². The van der Waals surface area contributed by atoms with Crippen molar-refractivity contribution in [3.8, 4) is 11.3 Å². The van der Waals surface area contributed by atoms with Crippen molar-refractivity contribution in [2.45, 2.75) is 12.1 Å². The number of hydrogen-bond donors (Lipinski definition) is 1. The molecule has 2 aromatic heterocycles. The van der Waals surface area contributed by atoms with Crippen molar-refractivity contribution < 1.29 is 23.7 Å². The van der Waals surface area contributed by atoms with Crippen molar-refractivity contribution >= 4 is 41.1 Å². The fourth-order valence-corrected chi connectivity index (χ4v) is 3.03. The van der Waals surface area contributed by atoms with Gasteiger partial charge in [-0.1, -0.05) is 11.6 Å². The Bertz CT molecular complexity index is 1060. The van der Waals surface area contributed by atoms with Gasteiger partial charge < -0.3 is 13.9 Å². The van der Waals surface area contributed by atoms with Crippen molar-refractivity contribution in [1.29, 1.82) is 0 Å². The van der Waals surface area contributed by atoms with E-state index in [1.165, 1.54) is 24.3 Å². The predicted octanol–water partition coefficient (Wildman–Crippen LogP) is 4.42. The van der Waals surface area contributed by atoms with Crippen molar-refractivity contribution in [1.82, 2.24) is 10.2 Å². The first-order valence-corrected chi connectivity index (χ1v) is 8.50. The minimum Gasteiger partial charge on any atom is -0.477 e. The van der Waals surface area contributed by atoms with Crippen LogP contribution in [0, 0.1) is 17.0 Å². The summed E-state index contributed by atoms with van der Waals surface area (Å²) in [6.07, 6.45) is 1.30. The van der Waals surface area contributed by atoms with Crippen LogP contribution in [-0.2, 0) is 4.79 Å². The molecule has 0 radical (unpaired) electrons. The minimum absolute atomic E-state index is 0.0886. The van der Waals surface area contributed by atoms with E-state index in [0.717, 1.165) is 11.8 Å². The third-order valence-corrected chi connectivity index (χ3v) is 4.41. The number of aliphatic carboxylic acids is 1. The Balaban J connectivity index is 1.88. The van der Waals surface area contributed by atoms with Crippen LogP contribution in [0.3, 0.4) is 0 Å². The molecule has 0 unspecified atom stereocenters. The molecule has 0 fully saturated rings. The van der Waals surface area contributed by atoms with Gasteiger partial charge in [0.05, 0.1) is 9.95 Å². The number of carboxylic acids is 1. The summed E-state index contributed by atoms with van der Waals surface area (Å²) in [6.45, 7) is 1.59. The molecule has 1 aromatic carbocycles. The molecule has 0 atom stereocenters. The highest BCUT2D eigenvalue weighted by atomic mass is 35.5. The van der Waals surface area contributed by atoms with E-state index in [4.69, 9.17) is 20.4 Å². The number of thioether (sulfide) groups is 1. The predicted molar refractivity (Wildman–Crippen MR) is 96.3 cm³/mol. The first-order valence-electron chi connectivity index (χ1n) is 7.30. The van der Waals surface area contributed by atoms with Gasteiger partial charge >= 0.3 is 5.97 Å². The molecule has 0 amide bonds. The molecule has 9 nitrogen and oxygen atoms in total. The summed E-state index contributed by atoms with van der Waals surface area (Å²) in [5.41, 5.74) is 0.300. The number of carbonyl (C=O) groups is 1. The zero-order valence-corrected chi connectivity index (χ0v) is 15.2. The number of aromatic nitrogens is 2. The van der Waals surface area contributed by atoms with Gasteiger partial charge in [-0.3, -0.25) is 10.1 Å². The fraction of sp³-hybridized carbons (Fsp3) is 0.0625. The number of hydrogen-bond acceptors (Lipinski definition) is 8. The number of nitro groups is 1. The summed E-state index contributed by atoms with van der Waals surface area (Å²) in [4.78, 5) is 21.6. The molecule has 0 saturated carbocycles. The standard InChI is InChI=1S/C16H10ClN3O6S/c1-8-18-19-16(25-8)27-14(15(21)22)7-10-3-5-13(26-10)11-4-2-9(20(23)24)6-12(11)17/h2-7H,1H3,(H,21,22)/b14-7-. The lowest BCUT2D eigenvalue weighted by atomic mass is 10.1. The average molecular weight is 408 g/mol. The maximum absolute atomic E-state index is 11.4. The van der Waals surface area contributed by atoms with Crippen LogP contribution in [0.4, 0.5) is 5.69 Å². The molecule has 11 heteroatoms. The van der Waals surface area contributed by atoms with Crippen LogP contribution in [0.15, 0.2) is 49.3 Å². The molecule has 1 N–H and O–H groups in total. The molecule has 3 aromatic rings. The summed E-state index contributed by atoms with van der Waals surface area (Å²) in [6, 6.07) is 7.11. The maximum Gasteiger partial charge on any atom is 0.342 e. The van der Waals surface area contributed by atoms with Gasteiger partial charge in [0.2, 0.25) is 5.89 Å². The van der Waals surface area contributed by atoms with E-state index in [-0.39, 0.29) is 26.6 Å². The Morgan fingerprint density at radius 3 is 2.67 bits per heavy atom. The number of carboxylic acid groups (broad SMARTS) is 1. The largest absolute Gasteiger partial charge is 0.477 e. The number of halogens is 1. The van der Waals surface area contributed by atoms with E-state index in [9.17, 15) is 20.0 Å². The third kappa shape index (κ3) is 4.36. The number of nitrogens with zero attached hydrogens (tertiary/aromatic N) is 3. The lowest BCUT2D eigenvalue weighted by Crippen LogP contribution is -1.96. The molecule has 2 heterocycles. The number of nitro benzene ring substituents is 1. The average Bonchev–Trinajstić information content (AvgIpc) is 3.23. The van der Waals surface area contributed by atoms with Gasteiger partial charge in [0.1, 0.15) is 16.4 Å². The second-order valence-corrected chi connectivity index (χ2v) is 6.53. The Morgan fingerprint density at radius 1 is 1.30 bits per heavy atom. The maximum atomic E-state index is 11.4. The van der Waals surface area contributed by atoms with Gasteiger partial charge in [-0.25, -0.2) is 4.79 Å². The van der Waals surface area contributed by atoms with Gasteiger partial charge in [0.25, 0.3) is 10.9 Å². The van der Waals surface area contributed by atoms with Gasteiger partial charge in [-0.05, 0) is 30.0 Å². The van der Waals surface area contributed by atoms with Crippen LogP contribution in [0.1, 0.15) is 11.7 Å². The second-order valence-electron chi connectivity index (χ2n) is 5.13. The van der Waals surface area contributed by atoms with Gasteiger partial charge in [-0.15, -0.1) is 10.2 Å². The smallest absolute Gasteiger partial charge is 0.342 e. The van der Waals surface area contributed by atoms with Crippen LogP contribution in [0.5, 0.6) is 0 Å². The lowest BCUT2D eigenvalue weighted by molar-refractivity contribution is -0.384. The molecule has 0 saturated heterocycles. The molecule has 0 bridgehead atoms. The molecule has 0 spiro atoms.